The molecule has 1 atom stereocenters. The lowest BCUT2D eigenvalue weighted by atomic mass is 10.0. The molecule has 1 N–H and O–H groups in total. The van der Waals surface area contributed by atoms with E-state index in [4.69, 9.17) is 4.74 Å². The van der Waals surface area contributed by atoms with E-state index in [1.54, 1.807) is 12.1 Å². The van der Waals surface area contributed by atoms with Gasteiger partial charge in [0, 0.05) is 23.6 Å². The quantitative estimate of drug-likeness (QED) is 0.854. The van der Waals surface area contributed by atoms with Crippen molar-refractivity contribution in [3.8, 4) is 5.75 Å². The highest BCUT2D eigenvalue weighted by atomic mass is 32.2. The molecule has 0 bridgehead atoms. The van der Waals surface area contributed by atoms with E-state index < -0.39 is 10.0 Å². The number of benzene rings is 2. The summed E-state index contributed by atoms with van der Waals surface area (Å²) in [5.74, 6) is 0.618. The van der Waals surface area contributed by atoms with Crippen LogP contribution < -0.4 is 9.46 Å². The number of ketones is 1. The van der Waals surface area contributed by atoms with Gasteiger partial charge in [-0.3, -0.25) is 4.79 Å². The highest BCUT2D eigenvalue weighted by Gasteiger charge is 2.25. The Morgan fingerprint density at radius 2 is 2.00 bits per heavy atom. The van der Waals surface area contributed by atoms with E-state index in [1.165, 1.54) is 19.1 Å². The van der Waals surface area contributed by atoms with Gasteiger partial charge in [-0.15, -0.1) is 0 Å². The molecule has 2 aromatic rings. The molecule has 23 heavy (non-hydrogen) atoms. The summed E-state index contributed by atoms with van der Waals surface area (Å²) in [6, 6.07) is 13.7. The van der Waals surface area contributed by atoms with Crippen molar-refractivity contribution in [2.45, 2.75) is 17.7 Å². The molecular weight excluding hydrogens is 314 g/mol. The smallest absolute Gasteiger partial charge is 0.240 e. The molecule has 1 aliphatic heterocycles. The topological polar surface area (TPSA) is 72.5 Å². The van der Waals surface area contributed by atoms with E-state index in [-0.39, 0.29) is 23.1 Å². The van der Waals surface area contributed by atoms with Gasteiger partial charge in [-0.25, -0.2) is 13.1 Å². The molecule has 0 fully saturated rings. The van der Waals surface area contributed by atoms with Crippen molar-refractivity contribution in [2.75, 3.05) is 13.2 Å². The average Bonchev–Trinajstić information content (AvgIpc) is 2.96. The standard InChI is InChI=1S/C17H17NO4S/c1-12(19)13-5-4-6-15(9-13)23(20,21)18-10-14-11-22-17-8-3-2-7-16(14)17/h2-9,14,18H,10-11H2,1H3. The minimum Gasteiger partial charge on any atom is -0.493 e. The monoisotopic (exact) mass is 331 g/mol. The second-order valence-corrected chi connectivity index (χ2v) is 7.25. The van der Waals surface area contributed by atoms with Crippen LogP contribution in [0.25, 0.3) is 0 Å². The summed E-state index contributed by atoms with van der Waals surface area (Å²) in [4.78, 5) is 11.5. The van der Waals surface area contributed by atoms with Crippen molar-refractivity contribution >= 4 is 15.8 Å². The fourth-order valence-corrected chi connectivity index (χ4v) is 3.70. The van der Waals surface area contributed by atoms with Crippen molar-refractivity contribution in [3.63, 3.8) is 0 Å². The third-order valence-electron chi connectivity index (χ3n) is 3.87. The first-order valence-electron chi connectivity index (χ1n) is 7.30. The number of ether oxygens (including phenoxy) is 1. The van der Waals surface area contributed by atoms with E-state index in [9.17, 15) is 13.2 Å². The van der Waals surface area contributed by atoms with Crippen molar-refractivity contribution in [1.82, 2.24) is 4.72 Å². The molecule has 6 heteroatoms. The number of para-hydroxylation sites is 1. The number of nitrogens with one attached hydrogen (secondary N) is 1. The Hall–Kier alpha value is -2.18. The molecule has 0 spiro atoms. The van der Waals surface area contributed by atoms with Gasteiger partial charge in [0.15, 0.2) is 5.78 Å². The van der Waals surface area contributed by atoms with Gasteiger partial charge in [-0.05, 0) is 25.1 Å². The molecule has 0 aromatic heterocycles. The lowest BCUT2D eigenvalue weighted by molar-refractivity contribution is 0.101. The highest BCUT2D eigenvalue weighted by molar-refractivity contribution is 7.89. The van der Waals surface area contributed by atoms with Gasteiger partial charge < -0.3 is 4.74 Å². The lowest BCUT2D eigenvalue weighted by Crippen LogP contribution is -2.29. The van der Waals surface area contributed by atoms with Crippen LogP contribution in [0.2, 0.25) is 0 Å². The molecule has 3 rings (SSSR count). The van der Waals surface area contributed by atoms with Crippen LogP contribution in [0.1, 0.15) is 28.8 Å². The summed E-state index contributed by atoms with van der Waals surface area (Å²) >= 11 is 0. The Balaban J connectivity index is 1.75. The normalized spacial score (nSPS) is 16.7. The molecule has 0 aliphatic carbocycles. The first-order chi connectivity index (χ1) is 11.0. The van der Waals surface area contributed by atoms with Crippen LogP contribution in [0.5, 0.6) is 5.75 Å². The first kappa shape index (κ1) is 15.7. The summed E-state index contributed by atoms with van der Waals surface area (Å²) in [6.07, 6.45) is 0. The van der Waals surface area contributed by atoms with E-state index in [0.717, 1.165) is 11.3 Å². The number of carbonyl (C=O) groups is 1. The zero-order chi connectivity index (χ0) is 16.4. The minimum atomic E-state index is -3.66. The van der Waals surface area contributed by atoms with E-state index in [1.807, 2.05) is 24.3 Å². The van der Waals surface area contributed by atoms with Crippen LogP contribution in [0.15, 0.2) is 53.4 Å². The predicted octanol–water partition coefficient (Wildman–Crippen LogP) is 2.34. The molecule has 0 saturated heterocycles. The zero-order valence-corrected chi connectivity index (χ0v) is 13.5. The maximum absolute atomic E-state index is 12.4. The molecule has 5 nitrogen and oxygen atoms in total. The van der Waals surface area contributed by atoms with Gasteiger partial charge in [0.1, 0.15) is 5.75 Å². The lowest BCUT2D eigenvalue weighted by Gasteiger charge is -2.11. The number of Topliss-reactive ketones (excluding diaryl/α,β-unsaturated/α-hetero) is 1. The van der Waals surface area contributed by atoms with Gasteiger partial charge in [-0.2, -0.15) is 0 Å². The Bertz CT molecular complexity index is 845. The Morgan fingerprint density at radius 3 is 2.78 bits per heavy atom. The third kappa shape index (κ3) is 3.28. The Labute approximate surface area is 135 Å². The Morgan fingerprint density at radius 1 is 1.22 bits per heavy atom. The van der Waals surface area contributed by atoms with E-state index in [0.29, 0.717) is 12.2 Å². The summed E-state index contributed by atoms with van der Waals surface area (Å²) in [5.41, 5.74) is 1.38. The van der Waals surface area contributed by atoms with Crippen molar-refractivity contribution in [2.24, 2.45) is 0 Å². The predicted molar refractivity (Wildman–Crippen MR) is 86.3 cm³/mol. The van der Waals surface area contributed by atoms with Crippen LogP contribution >= 0.6 is 0 Å². The summed E-state index contributed by atoms with van der Waals surface area (Å²) in [6.45, 7) is 2.12. The van der Waals surface area contributed by atoms with Gasteiger partial charge in [-0.1, -0.05) is 30.3 Å². The van der Waals surface area contributed by atoms with Gasteiger partial charge in [0.05, 0.1) is 11.5 Å². The van der Waals surface area contributed by atoms with Gasteiger partial charge in [0.25, 0.3) is 0 Å². The number of rotatable bonds is 5. The second-order valence-electron chi connectivity index (χ2n) is 5.48. The third-order valence-corrected chi connectivity index (χ3v) is 5.29. The second kappa shape index (κ2) is 6.14. The van der Waals surface area contributed by atoms with Crippen LogP contribution in [0.3, 0.4) is 0 Å². The maximum atomic E-state index is 12.4. The van der Waals surface area contributed by atoms with E-state index in [2.05, 4.69) is 4.72 Å². The van der Waals surface area contributed by atoms with E-state index >= 15 is 0 Å². The molecule has 0 radical (unpaired) electrons. The molecule has 1 aliphatic rings. The summed E-state index contributed by atoms with van der Waals surface area (Å²) in [5, 5.41) is 0. The molecule has 0 amide bonds. The number of hydrogen-bond acceptors (Lipinski definition) is 4. The molecular formula is C17H17NO4S. The molecule has 1 heterocycles. The molecule has 0 saturated carbocycles. The Kier molecular flexibility index (Phi) is 4.19. The van der Waals surface area contributed by atoms with Gasteiger partial charge >= 0.3 is 0 Å². The number of fused-ring (bicyclic) bond motifs is 1. The fourth-order valence-electron chi connectivity index (χ4n) is 2.57. The van der Waals surface area contributed by atoms with Gasteiger partial charge in [0.2, 0.25) is 10.0 Å². The number of hydrogen-bond donors (Lipinski definition) is 1. The average molecular weight is 331 g/mol. The van der Waals surface area contributed by atoms with Crippen LogP contribution in [0.4, 0.5) is 0 Å². The highest BCUT2D eigenvalue weighted by Crippen LogP contribution is 2.33. The largest absolute Gasteiger partial charge is 0.493 e. The first-order valence-corrected chi connectivity index (χ1v) is 8.78. The maximum Gasteiger partial charge on any atom is 0.240 e. The molecule has 120 valence electrons. The van der Waals surface area contributed by atoms with Crippen LogP contribution in [-0.2, 0) is 10.0 Å². The SMILES string of the molecule is CC(=O)c1cccc(S(=O)(=O)NCC2COc3ccccc32)c1. The fraction of sp³-hybridized carbons (Fsp3) is 0.235. The minimum absolute atomic E-state index is 0.0167. The zero-order valence-electron chi connectivity index (χ0n) is 12.7. The summed E-state index contributed by atoms with van der Waals surface area (Å²) < 4.78 is 33.0. The van der Waals surface area contributed by atoms with Crippen molar-refractivity contribution < 1.29 is 17.9 Å². The molecule has 1 unspecified atom stereocenters. The van der Waals surface area contributed by atoms with Crippen molar-refractivity contribution in [1.29, 1.82) is 0 Å². The molecule has 2 aromatic carbocycles. The van der Waals surface area contributed by atoms with Crippen molar-refractivity contribution in [3.05, 3.63) is 59.7 Å². The van der Waals surface area contributed by atoms with Crippen LogP contribution in [0, 0.1) is 0 Å². The van der Waals surface area contributed by atoms with Crippen LogP contribution in [-0.4, -0.2) is 27.4 Å². The number of carbonyl (C=O) groups excluding carboxylic acids is 1. The summed E-state index contributed by atoms with van der Waals surface area (Å²) in [7, 11) is -3.66. The number of sulfonamides is 1.